The van der Waals surface area contributed by atoms with Crippen molar-refractivity contribution in [2.45, 2.75) is 19.4 Å². The maximum atomic E-state index is 6.13. The standard InChI is InChI=1S/C24H21ClN6/c25-19-7-5-15-11-17(4-3-16(15)12-19)23-20-13-18(6-8-21(20)27-29-23)24-26-22(28-30-24)14-31-9-1-2-10-31/h3-8,11-13H,1-2,9-10,14H2,(H,27,29)(H,26,28,30). The number of aromatic amines is 2. The molecule has 1 aliphatic rings. The molecule has 3 heterocycles. The Labute approximate surface area is 184 Å². The molecule has 0 radical (unpaired) electrons. The van der Waals surface area contributed by atoms with Crippen molar-refractivity contribution in [2.24, 2.45) is 0 Å². The molecule has 0 unspecified atom stereocenters. The number of benzene rings is 3. The zero-order valence-corrected chi connectivity index (χ0v) is 17.7. The van der Waals surface area contributed by atoms with E-state index in [4.69, 9.17) is 11.6 Å². The Morgan fingerprint density at radius 1 is 0.871 bits per heavy atom. The van der Waals surface area contributed by atoms with Crippen LogP contribution in [0.2, 0.25) is 5.02 Å². The highest BCUT2D eigenvalue weighted by Gasteiger charge is 2.16. The van der Waals surface area contributed by atoms with E-state index in [2.05, 4.69) is 54.5 Å². The zero-order chi connectivity index (χ0) is 20.8. The molecular formula is C24H21ClN6. The Morgan fingerprint density at radius 3 is 2.58 bits per heavy atom. The number of aromatic nitrogens is 5. The number of nitrogens with zero attached hydrogens (tertiary/aromatic N) is 4. The van der Waals surface area contributed by atoms with Crippen molar-refractivity contribution in [2.75, 3.05) is 13.1 Å². The molecule has 0 spiro atoms. The van der Waals surface area contributed by atoms with Crippen molar-refractivity contribution in [1.82, 2.24) is 30.3 Å². The minimum atomic E-state index is 0.742. The van der Waals surface area contributed by atoms with Crippen molar-refractivity contribution in [3.8, 4) is 22.6 Å². The lowest BCUT2D eigenvalue weighted by Crippen LogP contribution is -2.19. The normalized spacial score (nSPS) is 14.7. The van der Waals surface area contributed by atoms with Gasteiger partial charge in [0, 0.05) is 21.5 Å². The second kappa shape index (κ2) is 7.48. The number of rotatable bonds is 4. The van der Waals surface area contributed by atoms with Gasteiger partial charge in [-0.25, -0.2) is 0 Å². The van der Waals surface area contributed by atoms with Crippen molar-refractivity contribution in [1.29, 1.82) is 0 Å². The smallest absolute Gasteiger partial charge is 0.161 e. The molecule has 2 N–H and O–H groups in total. The van der Waals surface area contributed by atoms with Crippen LogP contribution in [-0.2, 0) is 6.54 Å². The third-order valence-corrected chi connectivity index (χ3v) is 6.25. The van der Waals surface area contributed by atoms with Crippen LogP contribution in [-0.4, -0.2) is 43.4 Å². The summed E-state index contributed by atoms with van der Waals surface area (Å²) in [4.78, 5) is 5.81. The number of H-pyrrole nitrogens is 2. The molecule has 1 saturated heterocycles. The Balaban J connectivity index is 1.36. The van der Waals surface area contributed by atoms with Crippen molar-refractivity contribution in [3.05, 3.63) is 65.4 Å². The largest absolute Gasteiger partial charge is 0.324 e. The number of hydrogen-bond acceptors (Lipinski definition) is 4. The minimum absolute atomic E-state index is 0.742. The van der Waals surface area contributed by atoms with Gasteiger partial charge >= 0.3 is 0 Å². The molecule has 154 valence electrons. The maximum Gasteiger partial charge on any atom is 0.161 e. The van der Waals surface area contributed by atoms with E-state index in [1.54, 1.807) is 0 Å². The Hall–Kier alpha value is -3.22. The van der Waals surface area contributed by atoms with Gasteiger partial charge in [-0.05, 0) is 73.1 Å². The molecule has 2 aromatic heterocycles. The summed E-state index contributed by atoms with van der Waals surface area (Å²) in [5.41, 5.74) is 3.98. The lowest BCUT2D eigenvalue weighted by molar-refractivity contribution is 0.323. The molecule has 0 saturated carbocycles. The molecule has 6 rings (SSSR count). The summed E-state index contributed by atoms with van der Waals surface area (Å²) < 4.78 is 0. The lowest BCUT2D eigenvalue weighted by atomic mass is 10.0. The highest BCUT2D eigenvalue weighted by molar-refractivity contribution is 6.31. The van der Waals surface area contributed by atoms with E-state index in [9.17, 15) is 0 Å². The monoisotopic (exact) mass is 428 g/mol. The molecule has 7 heteroatoms. The van der Waals surface area contributed by atoms with Gasteiger partial charge in [0.2, 0.25) is 0 Å². The van der Waals surface area contributed by atoms with Gasteiger partial charge in [-0.2, -0.15) is 5.10 Å². The van der Waals surface area contributed by atoms with Crippen LogP contribution in [0.25, 0.3) is 44.3 Å². The van der Waals surface area contributed by atoms with Crippen molar-refractivity contribution in [3.63, 3.8) is 0 Å². The third kappa shape index (κ3) is 3.48. The first kappa shape index (κ1) is 18.5. The number of fused-ring (bicyclic) bond motifs is 2. The summed E-state index contributed by atoms with van der Waals surface area (Å²) in [6, 6.07) is 18.5. The Bertz CT molecular complexity index is 1400. The number of likely N-dealkylation sites (tertiary alicyclic amines) is 1. The molecule has 1 aliphatic heterocycles. The average molecular weight is 429 g/mol. The highest BCUT2D eigenvalue weighted by Crippen LogP contribution is 2.32. The van der Waals surface area contributed by atoms with E-state index < -0.39 is 0 Å². The van der Waals surface area contributed by atoms with E-state index in [1.807, 2.05) is 30.3 Å². The van der Waals surface area contributed by atoms with Gasteiger partial charge in [0.05, 0.1) is 17.8 Å². The van der Waals surface area contributed by atoms with Crippen LogP contribution in [0.15, 0.2) is 54.6 Å². The van der Waals surface area contributed by atoms with E-state index >= 15 is 0 Å². The number of hydrogen-bond donors (Lipinski definition) is 2. The van der Waals surface area contributed by atoms with Gasteiger partial charge in [-0.3, -0.25) is 10.00 Å². The fourth-order valence-corrected chi connectivity index (χ4v) is 4.58. The summed E-state index contributed by atoms with van der Waals surface area (Å²) in [5, 5.41) is 20.6. The SMILES string of the molecule is Clc1ccc2cc(-c3n[nH]c4ccc(-c5nnc(CN6CCCC6)[nH]5)cc34)ccc2c1. The molecule has 3 aromatic carbocycles. The Kier molecular flexibility index (Phi) is 4.47. The van der Waals surface area contributed by atoms with Crippen LogP contribution in [0.3, 0.4) is 0 Å². The fraction of sp³-hybridized carbons (Fsp3) is 0.208. The first-order chi connectivity index (χ1) is 15.2. The molecule has 31 heavy (non-hydrogen) atoms. The first-order valence-corrected chi connectivity index (χ1v) is 10.9. The molecular weight excluding hydrogens is 408 g/mol. The molecule has 0 aliphatic carbocycles. The van der Waals surface area contributed by atoms with E-state index in [-0.39, 0.29) is 0 Å². The minimum Gasteiger partial charge on any atom is -0.324 e. The van der Waals surface area contributed by atoms with Gasteiger partial charge < -0.3 is 4.98 Å². The van der Waals surface area contributed by atoms with Gasteiger partial charge in [0.25, 0.3) is 0 Å². The predicted molar refractivity (Wildman–Crippen MR) is 124 cm³/mol. The summed E-state index contributed by atoms with van der Waals surface area (Å²) in [6.45, 7) is 3.10. The second-order valence-corrected chi connectivity index (χ2v) is 8.58. The molecule has 0 bridgehead atoms. The van der Waals surface area contributed by atoms with Crippen LogP contribution in [0.5, 0.6) is 0 Å². The number of halogens is 1. The van der Waals surface area contributed by atoms with Crippen LogP contribution in [0, 0.1) is 0 Å². The number of nitrogens with one attached hydrogen (secondary N) is 2. The van der Waals surface area contributed by atoms with Crippen LogP contribution < -0.4 is 0 Å². The van der Waals surface area contributed by atoms with E-state index in [0.717, 1.165) is 74.8 Å². The van der Waals surface area contributed by atoms with Gasteiger partial charge in [-0.15, -0.1) is 10.2 Å². The molecule has 5 aromatic rings. The maximum absolute atomic E-state index is 6.13. The van der Waals surface area contributed by atoms with Crippen LogP contribution >= 0.6 is 11.6 Å². The zero-order valence-electron chi connectivity index (χ0n) is 16.9. The Morgan fingerprint density at radius 2 is 1.68 bits per heavy atom. The molecule has 0 atom stereocenters. The van der Waals surface area contributed by atoms with E-state index in [0.29, 0.717) is 0 Å². The second-order valence-electron chi connectivity index (χ2n) is 8.14. The van der Waals surface area contributed by atoms with Crippen LogP contribution in [0.4, 0.5) is 0 Å². The van der Waals surface area contributed by atoms with Crippen molar-refractivity contribution >= 4 is 33.3 Å². The average Bonchev–Trinajstić information content (AvgIpc) is 3.54. The predicted octanol–water partition coefficient (Wildman–Crippen LogP) is 5.42. The summed E-state index contributed by atoms with van der Waals surface area (Å²) in [7, 11) is 0. The molecule has 0 amide bonds. The molecule has 1 fully saturated rings. The summed E-state index contributed by atoms with van der Waals surface area (Å²) in [6.07, 6.45) is 2.53. The lowest BCUT2D eigenvalue weighted by Gasteiger charge is -2.11. The van der Waals surface area contributed by atoms with E-state index in [1.165, 1.54) is 12.8 Å². The van der Waals surface area contributed by atoms with Gasteiger partial charge in [0.15, 0.2) is 5.82 Å². The summed E-state index contributed by atoms with van der Waals surface area (Å²) in [5.74, 6) is 1.70. The van der Waals surface area contributed by atoms with Crippen LogP contribution in [0.1, 0.15) is 18.7 Å². The van der Waals surface area contributed by atoms with Crippen molar-refractivity contribution < 1.29 is 0 Å². The summed E-state index contributed by atoms with van der Waals surface area (Å²) >= 11 is 6.13. The van der Waals surface area contributed by atoms with Gasteiger partial charge in [-0.1, -0.05) is 29.8 Å². The fourth-order valence-electron chi connectivity index (χ4n) is 4.40. The quantitative estimate of drug-likeness (QED) is 0.401. The van der Waals surface area contributed by atoms with Gasteiger partial charge in [0.1, 0.15) is 5.82 Å². The first-order valence-electron chi connectivity index (χ1n) is 10.5. The third-order valence-electron chi connectivity index (χ3n) is 6.02. The molecule has 6 nitrogen and oxygen atoms in total. The topological polar surface area (TPSA) is 73.5 Å². The highest BCUT2D eigenvalue weighted by atomic mass is 35.5.